The van der Waals surface area contributed by atoms with Crippen molar-refractivity contribution in [3.05, 3.63) is 21.9 Å². The Kier molecular flexibility index (Phi) is 4.70. The Morgan fingerprint density at radius 1 is 1.50 bits per heavy atom. The molecule has 0 aliphatic carbocycles. The molecule has 2 heterocycles. The van der Waals surface area contributed by atoms with Crippen LogP contribution in [-0.2, 0) is 4.79 Å². The largest absolute Gasteiger partial charge is 0.320 e. The van der Waals surface area contributed by atoms with Gasteiger partial charge in [0.2, 0.25) is 5.91 Å². The van der Waals surface area contributed by atoms with Crippen LogP contribution in [0.1, 0.15) is 29.3 Å². The zero-order valence-corrected chi connectivity index (χ0v) is 12.7. The van der Waals surface area contributed by atoms with E-state index in [2.05, 4.69) is 37.6 Å². The van der Waals surface area contributed by atoms with Crippen molar-refractivity contribution >= 4 is 29.0 Å². The number of amides is 1. The number of hydrogen-bond donors (Lipinski definition) is 1. The van der Waals surface area contributed by atoms with Gasteiger partial charge in [-0.1, -0.05) is 6.92 Å². The quantitative estimate of drug-likeness (QED) is 0.902. The molecule has 1 N–H and O–H groups in total. The normalized spacial score (nSPS) is 23.9. The fourth-order valence-electron chi connectivity index (χ4n) is 2.24. The van der Waals surface area contributed by atoms with E-state index in [-0.39, 0.29) is 18.1 Å². The van der Waals surface area contributed by atoms with Gasteiger partial charge in [0.1, 0.15) is 6.17 Å². The standard InChI is InChI=1S/C13H20N2OS2/c1-4-10-13(16)15(7-8-17-3)12(14-10)11-6-5-9(2)18-11/h5-6,10,12,14H,4,7-8H2,1-3H3. The summed E-state index contributed by atoms with van der Waals surface area (Å²) in [7, 11) is 0. The highest BCUT2D eigenvalue weighted by molar-refractivity contribution is 7.98. The van der Waals surface area contributed by atoms with Crippen LogP contribution < -0.4 is 5.32 Å². The van der Waals surface area contributed by atoms with Gasteiger partial charge in [0.15, 0.2) is 0 Å². The number of nitrogens with one attached hydrogen (secondary N) is 1. The van der Waals surface area contributed by atoms with Crippen LogP contribution in [0.3, 0.4) is 0 Å². The summed E-state index contributed by atoms with van der Waals surface area (Å²) in [6.07, 6.45) is 3.01. The highest BCUT2D eigenvalue weighted by Gasteiger charge is 2.38. The molecule has 5 heteroatoms. The van der Waals surface area contributed by atoms with Gasteiger partial charge in [-0.3, -0.25) is 10.1 Å². The van der Waals surface area contributed by atoms with Crippen molar-refractivity contribution in [2.45, 2.75) is 32.5 Å². The second-order valence-corrected chi connectivity index (χ2v) is 6.81. The molecule has 100 valence electrons. The van der Waals surface area contributed by atoms with E-state index in [9.17, 15) is 4.79 Å². The third-order valence-corrected chi connectivity index (χ3v) is 4.87. The fourth-order valence-corrected chi connectivity index (χ4v) is 3.57. The van der Waals surface area contributed by atoms with Crippen LogP contribution in [0.4, 0.5) is 0 Å². The van der Waals surface area contributed by atoms with E-state index in [0.29, 0.717) is 0 Å². The lowest BCUT2D eigenvalue weighted by atomic mass is 10.2. The minimum Gasteiger partial charge on any atom is -0.320 e. The maximum absolute atomic E-state index is 12.3. The molecule has 2 rings (SSSR count). The summed E-state index contributed by atoms with van der Waals surface area (Å²) < 4.78 is 0. The average molecular weight is 284 g/mol. The van der Waals surface area contributed by atoms with E-state index in [1.165, 1.54) is 9.75 Å². The van der Waals surface area contributed by atoms with E-state index < -0.39 is 0 Å². The van der Waals surface area contributed by atoms with Gasteiger partial charge in [0.05, 0.1) is 6.04 Å². The molecule has 2 unspecified atom stereocenters. The summed E-state index contributed by atoms with van der Waals surface area (Å²) in [5, 5.41) is 3.46. The van der Waals surface area contributed by atoms with Gasteiger partial charge < -0.3 is 4.90 Å². The van der Waals surface area contributed by atoms with Crippen molar-refractivity contribution in [1.29, 1.82) is 0 Å². The summed E-state index contributed by atoms with van der Waals surface area (Å²) in [4.78, 5) is 16.8. The van der Waals surface area contributed by atoms with Crippen molar-refractivity contribution < 1.29 is 4.79 Å². The zero-order chi connectivity index (χ0) is 13.1. The van der Waals surface area contributed by atoms with E-state index in [1.54, 1.807) is 23.1 Å². The molecule has 3 nitrogen and oxygen atoms in total. The highest BCUT2D eigenvalue weighted by atomic mass is 32.2. The van der Waals surface area contributed by atoms with Crippen molar-refractivity contribution in [2.24, 2.45) is 0 Å². The summed E-state index contributed by atoms with van der Waals surface area (Å²) in [5.74, 6) is 1.24. The van der Waals surface area contributed by atoms with Gasteiger partial charge in [-0.25, -0.2) is 0 Å². The summed E-state index contributed by atoms with van der Waals surface area (Å²) in [6.45, 7) is 4.99. The second-order valence-electron chi connectivity index (χ2n) is 4.50. The van der Waals surface area contributed by atoms with Crippen LogP contribution in [0.2, 0.25) is 0 Å². The minimum atomic E-state index is -0.0146. The Balaban J connectivity index is 2.18. The monoisotopic (exact) mass is 284 g/mol. The molecule has 1 amide bonds. The SMILES string of the molecule is CCC1NC(c2ccc(C)s2)N(CCSC)C1=O. The molecule has 0 saturated carbocycles. The Labute approximate surface area is 117 Å². The van der Waals surface area contributed by atoms with Gasteiger partial charge in [0.25, 0.3) is 0 Å². The minimum absolute atomic E-state index is 0.0146. The van der Waals surface area contributed by atoms with E-state index >= 15 is 0 Å². The van der Waals surface area contributed by atoms with Gasteiger partial charge >= 0.3 is 0 Å². The molecule has 0 spiro atoms. The summed E-state index contributed by atoms with van der Waals surface area (Å²) >= 11 is 3.56. The number of aryl methyl sites for hydroxylation is 1. The molecule has 1 aliphatic heterocycles. The third-order valence-electron chi connectivity index (χ3n) is 3.23. The predicted molar refractivity (Wildman–Crippen MR) is 79.1 cm³/mol. The number of carbonyl (C=O) groups is 1. The third kappa shape index (κ3) is 2.73. The topological polar surface area (TPSA) is 32.3 Å². The Bertz CT molecular complexity index is 419. The number of rotatable bonds is 5. The molecular formula is C13H20N2OS2. The number of thiophene rings is 1. The molecule has 0 aromatic carbocycles. The summed E-state index contributed by atoms with van der Waals surface area (Å²) in [5.41, 5.74) is 0. The Hall–Kier alpha value is -0.520. The molecule has 1 aromatic rings. The smallest absolute Gasteiger partial charge is 0.241 e. The molecule has 1 aliphatic rings. The first-order chi connectivity index (χ1) is 8.67. The van der Waals surface area contributed by atoms with Crippen molar-refractivity contribution in [2.75, 3.05) is 18.6 Å². The molecule has 0 radical (unpaired) electrons. The first kappa shape index (κ1) is 13.9. The molecular weight excluding hydrogens is 264 g/mol. The van der Waals surface area contributed by atoms with Crippen LogP contribution >= 0.6 is 23.1 Å². The van der Waals surface area contributed by atoms with Gasteiger partial charge in [0, 0.05) is 22.1 Å². The van der Waals surface area contributed by atoms with Crippen molar-refractivity contribution in [3.63, 3.8) is 0 Å². The number of hydrogen-bond acceptors (Lipinski definition) is 4. The van der Waals surface area contributed by atoms with Crippen LogP contribution in [0.15, 0.2) is 12.1 Å². The maximum Gasteiger partial charge on any atom is 0.241 e. The van der Waals surface area contributed by atoms with E-state index in [0.717, 1.165) is 18.7 Å². The van der Waals surface area contributed by atoms with Crippen molar-refractivity contribution in [1.82, 2.24) is 10.2 Å². The lowest BCUT2D eigenvalue weighted by Crippen LogP contribution is -2.32. The zero-order valence-electron chi connectivity index (χ0n) is 11.1. The van der Waals surface area contributed by atoms with E-state index in [4.69, 9.17) is 0 Å². The second kappa shape index (κ2) is 6.08. The van der Waals surface area contributed by atoms with Gasteiger partial charge in [-0.05, 0) is 31.7 Å². The van der Waals surface area contributed by atoms with Gasteiger partial charge in [-0.2, -0.15) is 11.8 Å². The molecule has 1 saturated heterocycles. The average Bonchev–Trinajstić information content (AvgIpc) is 2.91. The van der Waals surface area contributed by atoms with Crippen LogP contribution in [0, 0.1) is 6.92 Å². The summed E-state index contributed by atoms with van der Waals surface area (Å²) in [6, 6.07) is 4.24. The number of nitrogens with zero attached hydrogens (tertiary/aromatic N) is 1. The van der Waals surface area contributed by atoms with E-state index in [1.807, 2.05) is 4.90 Å². The molecule has 2 atom stereocenters. The predicted octanol–water partition coefficient (Wildman–Crippen LogP) is 2.63. The van der Waals surface area contributed by atoms with Crippen molar-refractivity contribution in [3.8, 4) is 0 Å². The Morgan fingerprint density at radius 2 is 2.28 bits per heavy atom. The van der Waals surface area contributed by atoms with Crippen LogP contribution in [0.25, 0.3) is 0 Å². The molecule has 18 heavy (non-hydrogen) atoms. The Morgan fingerprint density at radius 3 is 2.83 bits per heavy atom. The lowest BCUT2D eigenvalue weighted by Gasteiger charge is -2.22. The molecule has 1 aromatic heterocycles. The maximum atomic E-state index is 12.3. The number of carbonyl (C=O) groups excluding carboxylic acids is 1. The lowest BCUT2D eigenvalue weighted by molar-refractivity contribution is -0.129. The molecule has 0 bridgehead atoms. The molecule has 1 fully saturated rings. The fraction of sp³-hybridized carbons (Fsp3) is 0.615. The number of thioether (sulfide) groups is 1. The van der Waals surface area contributed by atoms with Crippen LogP contribution in [0.5, 0.6) is 0 Å². The highest BCUT2D eigenvalue weighted by Crippen LogP contribution is 2.31. The first-order valence-electron chi connectivity index (χ1n) is 6.29. The van der Waals surface area contributed by atoms with Gasteiger partial charge in [-0.15, -0.1) is 11.3 Å². The first-order valence-corrected chi connectivity index (χ1v) is 8.50. The van der Waals surface area contributed by atoms with Crippen LogP contribution in [-0.4, -0.2) is 35.4 Å².